The van der Waals surface area contributed by atoms with Gasteiger partial charge in [-0.25, -0.2) is 0 Å². The molecule has 3 aliphatic rings. The first-order valence-corrected chi connectivity index (χ1v) is 19.0. The van der Waals surface area contributed by atoms with Crippen molar-refractivity contribution >= 4 is 19.2 Å². The summed E-state index contributed by atoms with van der Waals surface area (Å²) >= 11 is -3.25. The standard InChI is InChI=1S/C17H22O6.2C4H9.Sn/c1-2-3-9-20-17-14(19)13(18)15-12(22-17)10-21-16(23-15)11-7-5-4-6-8-11;2*1-3-4-2;/h4-8,12-17H,2-3,9-10H2,1H3;2*1,3-4H2,2H3;/q-2;;;+2/t12-,13-,14-,15-,16?,17+;;;/m1.../s1. The molecule has 1 unspecified atom stereocenters. The Morgan fingerprint density at radius 3 is 2.22 bits per heavy atom. The molecule has 3 fully saturated rings. The van der Waals surface area contributed by atoms with E-state index in [1.54, 1.807) is 0 Å². The summed E-state index contributed by atoms with van der Waals surface area (Å²) in [6.45, 7) is 7.79. The van der Waals surface area contributed by atoms with Crippen LogP contribution in [0.5, 0.6) is 0 Å². The van der Waals surface area contributed by atoms with Gasteiger partial charge >= 0.3 is 199 Å². The Morgan fingerprint density at radius 2 is 1.53 bits per heavy atom. The van der Waals surface area contributed by atoms with Gasteiger partial charge in [0.1, 0.15) is 0 Å². The van der Waals surface area contributed by atoms with Gasteiger partial charge in [-0.15, -0.1) is 0 Å². The van der Waals surface area contributed by atoms with Gasteiger partial charge in [0.25, 0.3) is 0 Å². The van der Waals surface area contributed by atoms with E-state index in [-0.39, 0.29) is 24.4 Å². The molecule has 0 saturated carbocycles. The average molecular weight is 555 g/mol. The molecule has 3 saturated heterocycles. The van der Waals surface area contributed by atoms with Gasteiger partial charge in [-0.1, -0.05) is 0 Å². The van der Waals surface area contributed by atoms with Crippen LogP contribution in [0.2, 0.25) is 8.87 Å². The molecule has 4 rings (SSSR count). The maximum absolute atomic E-state index is 6.99. The Bertz CT molecular complexity index is 680. The normalized spacial score (nSPS) is 33.6. The van der Waals surface area contributed by atoms with Gasteiger partial charge in [0.2, 0.25) is 0 Å². The molecule has 1 aromatic carbocycles. The van der Waals surface area contributed by atoms with Crippen LogP contribution in [0, 0.1) is 0 Å². The van der Waals surface area contributed by atoms with Gasteiger partial charge in [-0.2, -0.15) is 0 Å². The van der Waals surface area contributed by atoms with Crippen LogP contribution in [0.4, 0.5) is 0 Å². The van der Waals surface area contributed by atoms with Crippen molar-refractivity contribution in [1.82, 2.24) is 0 Å². The van der Waals surface area contributed by atoms with Crippen molar-refractivity contribution in [2.75, 3.05) is 13.2 Å². The number of fused-ring (bicyclic) bond motifs is 3. The molecule has 180 valence electrons. The molecule has 7 heteroatoms. The van der Waals surface area contributed by atoms with Crippen LogP contribution in [0.15, 0.2) is 30.3 Å². The summed E-state index contributed by atoms with van der Waals surface area (Å²) in [6.07, 6.45) is 5.18. The first-order chi connectivity index (χ1) is 15.7. The number of benzene rings is 1. The zero-order valence-electron chi connectivity index (χ0n) is 19.9. The second-order valence-electron chi connectivity index (χ2n) is 9.23. The minimum atomic E-state index is -3.25. The molecule has 6 nitrogen and oxygen atoms in total. The number of hydrogen-bond donors (Lipinski definition) is 0. The van der Waals surface area contributed by atoms with Gasteiger partial charge in [0.15, 0.2) is 0 Å². The molecule has 0 aromatic heterocycles. The maximum atomic E-state index is 6.99. The van der Waals surface area contributed by atoms with Crippen LogP contribution in [0.1, 0.15) is 71.1 Å². The van der Waals surface area contributed by atoms with E-state index in [1.165, 1.54) is 0 Å². The molecule has 1 aromatic rings. The molecule has 0 aliphatic carbocycles. The van der Waals surface area contributed by atoms with Crippen LogP contribution in [0.3, 0.4) is 0 Å². The fourth-order valence-corrected chi connectivity index (χ4v) is 16.4. The van der Waals surface area contributed by atoms with E-state index in [1.807, 2.05) is 30.3 Å². The predicted octanol–water partition coefficient (Wildman–Crippen LogP) is 5.47. The van der Waals surface area contributed by atoms with Crippen molar-refractivity contribution in [1.29, 1.82) is 0 Å². The van der Waals surface area contributed by atoms with E-state index in [9.17, 15) is 0 Å². The number of unbranched alkanes of at least 4 members (excludes halogenated alkanes) is 3. The molecule has 6 atom stereocenters. The number of hydrogen-bond acceptors (Lipinski definition) is 6. The van der Waals surface area contributed by atoms with Crippen LogP contribution in [0.25, 0.3) is 0 Å². The molecule has 0 N–H and O–H groups in total. The van der Waals surface area contributed by atoms with Gasteiger partial charge in [0, 0.05) is 0 Å². The van der Waals surface area contributed by atoms with E-state index >= 15 is 0 Å². The summed E-state index contributed by atoms with van der Waals surface area (Å²) in [5.41, 5.74) is 1.02. The second-order valence-corrected chi connectivity index (χ2v) is 18.6. The van der Waals surface area contributed by atoms with E-state index in [0.717, 1.165) is 53.0 Å². The second kappa shape index (κ2) is 12.0. The van der Waals surface area contributed by atoms with Crippen LogP contribution in [-0.2, 0) is 25.1 Å². The van der Waals surface area contributed by atoms with Crippen LogP contribution >= 0.6 is 0 Å². The summed E-state index contributed by atoms with van der Waals surface area (Å²) in [5, 5.41) is 0. The molecule has 3 heterocycles. The summed E-state index contributed by atoms with van der Waals surface area (Å²) in [5.74, 6) is 0. The number of rotatable bonds is 11. The summed E-state index contributed by atoms with van der Waals surface area (Å²) < 4.78 is 41.2. The fourth-order valence-electron chi connectivity index (χ4n) is 4.84. The van der Waals surface area contributed by atoms with Gasteiger partial charge < -0.3 is 0 Å². The summed E-state index contributed by atoms with van der Waals surface area (Å²) in [7, 11) is 0. The van der Waals surface area contributed by atoms with E-state index in [0.29, 0.717) is 13.2 Å². The van der Waals surface area contributed by atoms with Crippen molar-refractivity contribution in [3.8, 4) is 0 Å². The molecule has 0 amide bonds. The molecule has 0 spiro atoms. The molecular weight excluding hydrogens is 515 g/mol. The Labute approximate surface area is 198 Å². The molecular formula is C25H40O6Sn. The molecule has 3 aliphatic heterocycles. The van der Waals surface area contributed by atoms with Crippen molar-refractivity contribution in [3.05, 3.63) is 35.9 Å². The van der Waals surface area contributed by atoms with Gasteiger partial charge in [-0.3, -0.25) is 0 Å². The Morgan fingerprint density at radius 1 is 0.844 bits per heavy atom. The quantitative estimate of drug-likeness (QED) is 0.267. The van der Waals surface area contributed by atoms with E-state index in [4.69, 9.17) is 25.1 Å². The van der Waals surface area contributed by atoms with E-state index in [2.05, 4.69) is 20.8 Å². The summed E-state index contributed by atoms with van der Waals surface area (Å²) in [4.78, 5) is 0. The van der Waals surface area contributed by atoms with Crippen molar-refractivity contribution in [2.24, 2.45) is 0 Å². The Hall–Kier alpha value is -0.221. The van der Waals surface area contributed by atoms with Crippen molar-refractivity contribution in [3.63, 3.8) is 0 Å². The topological polar surface area (TPSA) is 55.4 Å². The van der Waals surface area contributed by atoms with Crippen molar-refractivity contribution < 1.29 is 25.1 Å². The SMILES string of the molecule is CCCCO[C@H]1O[C@@H]2COC(c3ccccc3)O[C@H]2[C@@H]2[O][Sn]([CH2]CCC)([CH2]CCC)[O][C@@H]12. The Balaban J connectivity index is 1.55. The van der Waals surface area contributed by atoms with Gasteiger partial charge in [-0.05, 0) is 0 Å². The first kappa shape index (κ1) is 24.9. The summed E-state index contributed by atoms with van der Waals surface area (Å²) in [6, 6.07) is 10.1. The van der Waals surface area contributed by atoms with Crippen molar-refractivity contribution in [2.45, 2.75) is 105 Å². The zero-order valence-corrected chi connectivity index (χ0v) is 22.7. The van der Waals surface area contributed by atoms with Crippen LogP contribution in [-0.4, -0.2) is 63.1 Å². The average Bonchev–Trinajstić information content (AvgIpc) is 3.22. The minimum absolute atomic E-state index is 0.139. The Kier molecular flexibility index (Phi) is 9.30. The monoisotopic (exact) mass is 556 g/mol. The zero-order chi connectivity index (χ0) is 22.4. The first-order valence-electron chi connectivity index (χ1n) is 12.6. The van der Waals surface area contributed by atoms with Gasteiger partial charge in [0.05, 0.1) is 0 Å². The predicted molar refractivity (Wildman–Crippen MR) is 124 cm³/mol. The number of ether oxygens (including phenoxy) is 4. The fraction of sp³-hybridized carbons (Fsp3) is 0.760. The third-order valence-electron chi connectivity index (χ3n) is 6.66. The third kappa shape index (κ3) is 5.70. The molecule has 32 heavy (non-hydrogen) atoms. The van der Waals surface area contributed by atoms with Crippen LogP contribution < -0.4 is 0 Å². The molecule has 0 radical (unpaired) electrons. The molecule has 0 bridgehead atoms. The van der Waals surface area contributed by atoms with E-state index < -0.39 is 31.8 Å². The third-order valence-corrected chi connectivity index (χ3v) is 17.0.